The molecule has 0 amide bonds. The molecular formula is C12H26NNaO3. The number of hydrogen-bond acceptors (Lipinski definition) is 3. The van der Waals surface area contributed by atoms with Gasteiger partial charge in [-0.15, -0.1) is 10.1 Å². The molecule has 5 heteroatoms. The summed E-state index contributed by atoms with van der Waals surface area (Å²) in [6, 6.07) is 0. The van der Waals surface area contributed by atoms with E-state index >= 15 is 0 Å². The summed E-state index contributed by atoms with van der Waals surface area (Å²) in [5.74, 6) is 0. The van der Waals surface area contributed by atoms with E-state index in [2.05, 4.69) is 11.8 Å². The Morgan fingerprint density at radius 2 is 1.29 bits per heavy atom. The molecule has 0 rings (SSSR count). The maximum atomic E-state index is 9.84. The van der Waals surface area contributed by atoms with E-state index in [9.17, 15) is 10.1 Å². The summed E-state index contributed by atoms with van der Waals surface area (Å²) >= 11 is 0. The van der Waals surface area contributed by atoms with Gasteiger partial charge < -0.3 is 4.84 Å². The topological polar surface area (TPSA) is 52.4 Å². The first-order chi connectivity index (χ1) is 7.77. The fourth-order valence-electron chi connectivity index (χ4n) is 1.73. The summed E-state index contributed by atoms with van der Waals surface area (Å²) in [7, 11) is 0. The van der Waals surface area contributed by atoms with E-state index in [4.69, 9.17) is 0 Å². The van der Waals surface area contributed by atoms with Gasteiger partial charge in [0.15, 0.2) is 0 Å². The summed E-state index contributed by atoms with van der Waals surface area (Å²) in [4.78, 5) is 14.1. The monoisotopic (exact) mass is 255 g/mol. The summed E-state index contributed by atoms with van der Waals surface area (Å²) in [5.41, 5.74) is 0. The Morgan fingerprint density at radius 3 is 1.71 bits per heavy atom. The molecule has 0 saturated carbocycles. The van der Waals surface area contributed by atoms with Crippen LogP contribution in [0.25, 0.3) is 0 Å². The van der Waals surface area contributed by atoms with Crippen molar-refractivity contribution in [3.8, 4) is 0 Å². The van der Waals surface area contributed by atoms with Gasteiger partial charge in [0.05, 0.1) is 6.61 Å². The van der Waals surface area contributed by atoms with Crippen molar-refractivity contribution in [2.75, 3.05) is 6.61 Å². The molecule has 0 aliphatic heterocycles. The van der Waals surface area contributed by atoms with Crippen molar-refractivity contribution in [1.82, 2.24) is 0 Å². The van der Waals surface area contributed by atoms with E-state index in [0.717, 1.165) is 12.8 Å². The second kappa shape index (κ2) is 16.2. The molecule has 0 spiro atoms. The van der Waals surface area contributed by atoms with Gasteiger partial charge in [-0.2, -0.15) is 0 Å². The van der Waals surface area contributed by atoms with Gasteiger partial charge >= 0.3 is 29.6 Å². The molecule has 0 radical (unpaired) electrons. The first-order valence-corrected chi connectivity index (χ1v) is 6.54. The zero-order chi connectivity index (χ0) is 12.1. The first kappa shape index (κ1) is 19.5. The van der Waals surface area contributed by atoms with E-state index in [1.807, 2.05) is 0 Å². The van der Waals surface area contributed by atoms with Crippen molar-refractivity contribution in [3.05, 3.63) is 10.1 Å². The molecule has 0 bridgehead atoms. The van der Waals surface area contributed by atoms with Crippen LogP contribution in [-0.4, -0.2) is 41.3 Å². The maximum absolute atomic E-state index is 9.84. The van der Waals surface area contributed by atoms with Crippen molar-refractivity contribution in [2.24, 2.45) is 0 Å². The molecule has 0 heterocycles. The molecule has 0 aromatic rings. The Balaban J connectivity index is 0. The molecular weight excluding hydrogens is 229 g/mol. The molecule has 0 aliphatic carbocycles. The average molecular weight is 255 g/mol. The molecule has 0 aromatic carbocycles. The Bertz CT molecular complexity index is 168. The predicted octanol–water partition coefficient (Wildman–Crippen LogP) is 3.47. The molecule has 0 aliphatic rings. The molecule has 0 saturated heterocycles. The summed E-state index contributed by atoms with van der Waals surface area (Å²) in [6.45, 7) is 2.48. The van der Waals surface area contributed by atoms with E-state index < -0.39 is 5.09 Å². The number of hydrogen-bond donors (Lipinski definition) is 0. The fraction of sp³-hybridized carbons (Fsp3) is 1.00. The van der Waals surface area contributed by atoms with E-state index in [1.54, 1.807) is 0 Å². The van der Waals surface area contributed by atoms with Crippen molar-refractivity contribution >= 4 is 29.6 Å². The van der Waals surface area contributed by atoms with Crippen LogP contribution < -0.4 is 0 Å². The van der Waals surface area contributed by atoms with Gasteiger partial charge in [0, 0.05) is 0 Å². The molecule has 0 N–H and O–H groups in total. The Hall–Kier alpha value is 0.200. The van der Waals surface area contributed by atoms with Gasteiger partial charge in [0.2, 0.25) is 0 Å². The standard InChI is InChI=1S/C12H25NO3.Na.H/c1-2-3-4-5-6-7-8-9-10-11-12-16-13(14)15;;/h2-12H2,1H3;;. The van der Waals surface area contributed by atoms with Crippen molar-refractivity contribution in [1.29, 1.82) is 0 Å². The van der Waals surface area contributed by atoms with Crippen molar-refractivity contribution < 1.29 is 9.92 Å². The molecule has 0 fully saturated rings. The molecule has 0 aromatic heterocycles. The van der Waals surface area contributed by atoms with Crippen LogP contribution in [0.5, 0.6) is 0 Å². The second-order valence-electron chi connectivity index (χ2n) is 4.24. The van der Waals surface area contributed by atoms with Crippen molar-refractivity contribution in [3.63, 3.8) is 0 Å². The third kappa shape index (κ3) is 18.7. The molecule has 17 heavy (non-hydrogen) atoms. The third-order valence-corrected chi connectivity index (χ3v) is 2.69. The minimum absolute atomic E-state index is 0. The average Bonchev–Trinajstić information content (AvgIpc) is 2.25. The van der Waals surface area contributed by atoms with Crippen LogP contribution in [0.2, 0.25) is 0 Å². The van der Waals surface area contributed by atoms with E-state index in [0.29, 0.717) is 0 Å². The Labute approximate surface area is 127 Å². The Morgan fingerprint density at radius 1 is 0.882 bits per heavy atom. The van der Waals surface area contributed by atoms with Crippen LogP contribution >= 0.6 is 0 Å². The van der Waals surface area contributed by atoms with Gasteiger partial charge in [-0.1, -0.05) is 64.7 Å². The first-order valence-electron chi connectivity index (χ1n) is 6.54. The van der Waals surface area contributed by atoms with Crippen LogP contribution in [0.4, 0.5) is 0 Å². The quantitative estimate of drug-likeness (QED) is 0.232. The molecule has 0 atom stereocenters. The van der Waals surface area contributed by atoms with Crippen LogP contribution in [0, 0.1) is 10.1 Å². The third-order valence-electron chi connectivity index (χ3n) is 2.69. The number of rotatable bonds is 12. The van der Waals surface area contributed by atoms with Gasteiger partial charge in [0.1, 0.15) is 0 Å². The summed E-state index contributed by atoms with van der Waals surface area (Å²) in [6.07, 6.45) is 12.3. The minimum atomic E-state index is -0.715. The number of nitrogens with zero attached hydrogens (tertiary/aromatic N) is 1. The van der Waals surface area contributed by atoms with Gasteiger partial charge in [-0.25, -0.2) is 0 Å². The second-order valence-corrected chi connectivity index (χ2v) is 4.24. The predicted molar refractivity (Wildman–Crippen MR) is 71.9 cm³/mol. The number of unbranched alkanes of at least 4 members (excludes halogenated alkanes) is 9. The normalized spacial score (nSPS) is 9.71. The van der Waals surface area contributed by atoms with Crippen molar-refractivity contribution in [2.45, 2.75) is 71.1 Å². The van der Waals surface area contributed by atoms with Gasteiger partial charge in [-0.05, 0) is 6.42 Å². The van der Waals surface area contributed by atoms with E-state index in [-0.39, 0.29) is 36.2 Å². The van der Waals surface area contributed by atoms with Gasteiger partial charge in [0.25, 0.3) is 5.09 Å². The zero-order valence-electron chi connectivity index (χ0n) is 10.5. The summed E-state index contributed by atoms with van der Waals surface area (Å²) < 4.78 is 0. The van der Waals surface area contributed by atoms with Crippen LogP contribution in [0.15, 0.2) is 0 Å². The van der Waals surface area contributed by atoms with Gasteiger partial charge in [-0.3, -0.25) is 0 Å². The Kier molecular flexibility index (Phi) is 18.6. The molecule has 4 nitrogen and oxygen atoms in total. The van der Waals surface area contributed by atoms with Crippen LogP contribution in [-0.2, 0) is 4.84 Å². The zero-order valence-corrected chi connectivity index (χ0v) is 10.5. The van der Waals surface area contributed by atoms with Crippen LogP contribution in [0.3, 0.4) is 0 Å². The SMILES string of the molecule is CCCCCCCCCCCCO[N+](=O)[O-].[NaH]. The molecule has 98 valence electrons. The molecule has 0 unspecified atom stereocenters. The van der Waals surface area contributed by atoms with Crippen LogP contribution in [0.1, 0.15) is 71.1 Å². The fourth-order valence-corrected chi connectivity index (χ4v) is 1.73. The summed E-state index contributed by atoms with van der Waals surface area (Å²) in [5, 5.41) is 9.13. The van der Waals surface area contributed by atoms with E-state index in [1.165, 1.54) is 51.4 Å².